The maximum atomic E-state index is 13.6. The molecule has 2 aromatic rings. The molecular formula is C41H54O11. The van der Waals surface area contributed by atoms with E-state index in [2.05, 4.69) is 13.5 Å². The van der Waals surface area contributed by atoms with Crippen molar-refractivity contribution in [2.45, 2.75) is 103 Å². The molecule has 0 N–H and O–H groups in total. The Morgan fingerprint density at radius 1 is 0.923 bits per heavy atom. The Hall–Kier alpha value is -4.48. The van der Waals surface area contributed by atoms with Crippen molar-refractivity contribution in [1.82, 2.24) is 0 Å². The van der Waals surface area contributed by atoms with Crippen LogP contribution in [0.15, 0.2) is 78.9 Å². The molecule has 1 saturated heterocycles. The minimum atomic E-state index is -1.69. The van der Waals surface area contributed by atoms with Crippen LogP contribution in [0.1, 0.15) is 94.5 Å². The summed E-state index contributed by atoms with van der Waals surface area (Å²) in [4.78, 5) is 51.7. The third-order valence-electron chi connectivity index (χ3n) is 8.88. The van der Waals surface area contributed by atoms with Crippen molar-refractivity contribution in [3.8, 4) is 5.75 Å². The van der Waals surface area contributed by atoms with Gasteiger partial charge in [0.05, 0.1) is 31.7 Å². The number of para-hydroxylation sites is 1. The van der Waals surface area contributed by atoms with Crippen LogP contribution in [0.5, 0.6) is 5.75 Å². The van der Waals surface area contributed by atoms with Crippen LogP contribution in [0, 0.1) is 5.41 Å². The third kappa shape index (κ3) is 12.1. The number of esters is 4. The molecule has 0 aliphatic carbocycles. The summed E-state index contributed by atoms with van der Waals surface area (Å²) in [6.07, 6.45) is 6.87. The normalized spacial score (nSPS) is 19.4. The first-order chi connectivity index (χ1) is 25.0. The largest absolute Gasteiger partial charge is 0.492 e. The SMILES string of the molecule is C=CC[C@@H]1C/C(=C\C(=O)OC)[C@H](OC(=O)CCCCCCC)[C@](OC)(C(C)(C)COC(=O)c2ccccc2OCCC(=O)OCc2ccccc2)O1. The third-order valence-corrected chi connectivity index (χ3v) is 8.88. The van der Waals surface area contributed by atoms with Gasteiger partial charge in [0.15, 0.2) is 6.10 Å². The average Bonchev–Trinajstić information content (AvgIpc) is 3.14. The lowest BCUT2D eigenvalue weighted by atomic mass is 9.75. The highest BCUT2D eigenvalue weighted by Crippen LogP contribution is 2.48. The van der Waals surface area contributed by atoms with E-state index in [0.717, 1.165) is 31.2 Å². The number of ether oxygens (including phenoxy) is 7. The van der Waals surface area contributed by atoms with Gasteiger partial charge in [0.1, 0.15) is 24.5 Å². The first-order valence-corrected chi connectivity index (χ1v) is 17.9. The van der Waals surface area contributed by atoms with Gasteiger partial charge in [-0.2, -0.15) is 0 Å². The summed E-state index contributed by atoms with van der Waals surface area (Å²) < 4.78 is 40.8. The second-order valence-electron chi connectivity index (χ2n) is 13.3. The second kappa shape index (κ2) is 21.1. The fraction of sp³-hybridized carbons (Fsp3) is 0.512. The minimum absolute atomic E-state index is 0.0182. The molecule has 0 unspecified atom stereocenters. The highest BCUT2D eigenvalue weighted by Gasteiger charge is 2.60. The lowest BCUT2D eigenvalue weighted by Crippen LogP contribution is -2.64. The first-order valence-electron chi connectivity index (χ1n) is 17.9. The Balaban J connectivity index is 1.78. The van der Waals surface area contributed by atoms with Crippen molar-refractivity contribution >= 4 is 23.9 Å². The van der Waals surface area contributed by atoms with Gasteiger partial charge in [-0.3, -0.25) is 9.59 Å². The monoisotopic (exact) mass is 722 g/mol. The standard InChI is InChI=1S/C41H54O11/c1-7-9-10-11-15-23-36(43)51-38-31(27-37(44)46-5)26-32(18-8-2)52-41(38,47-6)40(3,4)29-50-39(45)33-21-16-17-22-34(33)48-25-24-35(42)49-28-30-19-13-12-14-20-30/h8,12-14,16-17,19-22,27,32,38H,2,7,9-11,15,18,23-26,28-29H2,1,3-6H3/b31-27+/t32-,38+,41-/m1/s1. The molecule has 11 heteroatoms. The van der Waals surface area contributed by atoms with Crippen LogP contribution in [0.4, 0.5) is 0 Å². The molecule has 11 nitrogen and oxygen atoms in total. The van der Waals surface area contributed by atoms with Crippen LogP contribution in [0.3, 0.4) is 0 Å². The van der Waals surface area contributed by atoms with E-state index >= 15 is 0 Å². The quantitative estimate of drug-likeness (QED) is 0.0418. The van der Waals surface area contributed by atoms with Crippen molar-refractivity contribution in [3.63, 3.8) is 0 Å². The highest BCUT2D eigenvalue weighted by atomic mass is 16.7. The number of rotatable bonds is 21. The van der Waals surface area contributed by atoms with Crippen molar-refractivity contribution in [3.05, 3.63) is 90.0 Å². The van der Waals surface area contributed by atoms with Gasteiger partial charge < -0.3 is 33.2 Å². The van der Waals surface area contributed by atoms with Crippen LogP contribution in [0.2, 0.25) is 0 Å². The minimum Gasteiger partial charge on any atom is -0.492 e. The summed E-state index contributed by atoms with van der Waals surface area (Å²) in [5, 5.41) is 0. The molecule has 3 rings (SSSR count). The van der Waals surface area contributed by atoms with Crippen molar-refractivity contribution in [2.75, 3.05) is 27.4 Å². The van der Waals surface area contributed by atoms with Gasteiger partial charge in [0.25, 0.3) is 0 Å². The van der Waals surface area contributed by atoms with Crippen LogP contribution >= 0.6 is 0 Å². The molecule has 0 amide bonds. The van der Waals surface area contributed by atoms with E-state index in [0.29, 0.717) is 18.4 Å². The number of hydrogen-bond acceptors (Lipinski definition) is 11. The van der Waals surface area contributed by atoms with Crippen LogP contribution in [-0.2, 0) is 49.4 Å². The van der Waals surface area contributed by atoms with E-state index in [1.807, 2.05) is 30.3 Å². The molecule has 1 aliphatic heterocycles. The van der Waals surface area contributed by atoms with Gasteiger partial charge in [-0.25, -0.2) is 9.59 Å². The summed E-state index contributed by atoms with van der Waals surface area (Å²) in [6.45, 7) is 9.40. The van der Waals surface area contributed by atoms with E-state index < -0.39 is 47.3 Å². The second-order valence-corrected chi connectivity index (χ2v) is 13.3. The van der Waals surface area contributed by atoms with E-state index in [-0.39, 0.29) is 50.4 Å². The molecule has 0 spiro atoms. The zero-order valence-electron chi connectivity index (χ0n) is 31.2. The number of benzene rings is 2. The van der Waals surface area contributed by atoms with Gasteiger partial charge in [-0.05, 0) is 42.5 Å². The number of carbonyl (C=O) groups is 4. The van der Waals surface area contributed by atoms with Gasteiger partial charge in [0.2, 0.25) is 5.79 Å². The van der Waals surface area contributed by atoms with Crippen molar-refractivity contribution in [1.29, 1.82) is 0 Å². The molecule has 2 aromatic carbocycles. The zero-order valence-corrected chi connectivity index (χ0v) is 31.2. The summed E-state index contributed by atoms with van der Waals surface area (Å²) >= 11 is 0. The topological polar surface area (TPSA) is 133 Å². The van der Waals surface area contributed by atoms with Gasteiger partial charge in [-0.1, -0.05) is 95.0 Å². The Labute approximate surface area is 307 Å². The predicted molar refractivity (Wildman–Crippen MR) is 194 cm³/mol. The fourth-order valence-electron chi connectivity index (χ4n) is 6.03. The van der Waals surface area contributed by atoms with Crippen molar-refractivity contribution < 1.29 is 52.3 Å². The van der Waals surface area contributed by atoms with Crippen molar-refractivity contribution in [2.24, 2.45) is 5.41 Å². The maximum Gasteiger partial charge on any atom is 0.341 e. The molecule has 0 aromatic heterocycles. The maximum absolute atomic E-state index is 13.6. The van der Waals surface area contributed by atoms with Crippen LogP contribution in [-0.4, -0.2) is 69.3 Å². The fourth-order valence-corrected chi connectivity index (χ4v) is 6.03. The number of hydrogen-bond donors (Lipinski definition) is 0. The predicted octanol–water partition coefficient (Wildman–Crippen LogP) is 7.46. The number of methoxy groups -OCH3 is 2. The molecule has 284 valence electrons. The smallest absolute Gasteiger partial charge is 0.341 e. The van der Waals surface area contributed by atoms with E-state index in [4.69, 9.17) is 33.2 Å². The van der Waals surface area contributed by atoms with E-state index in [1.54, 1.807) is 44.2 Å². The summed E-state index contributed by atoms with van der Waals surface area (Å²) in [5.41, 5.74) is 0.313. The first kappa shape index (κ1) is 41.9. The van der Waals surface area contributed by atoms with E-state index in [1.165, 1.54) is 20.3 Å². The van der Waals surface area contributed by atoms with Crippen LogP contribution in [0.25, 0.3) is 0 Å². The Bertz CT molecular complexity index is 1500. The van der Waals surface area contributed by atoms with Crippen LogP contribution < -0.4 is 4.74 Å². The lowest BCUT2D eigenvalue weighted by Gasteiger charge is -2.53. The lowest BCUT2D eigenvalue weighted by molar-refractivity contribution is -0.348. The average molecular weight is 723 g/mol. The Kier molecular flexibility index (Phi) is 17.1. The molecule has 0 radical (unpaired) electrons. The molecule has 0 saturated carbocycles. The summed E-state index contributed by atoms with van der Waals surface area (Å²) in [7, 11) is 2.69. The molecular weight excluding hydrogens is 668 g/mol. The molecule has 52 heavy (non-hydrogen) atoms. The molecule has 1 aliphatic rings. The zero-order chi connectivity index (χ0) is 38.0. The molecule has 0 bridgehead atoms. The molecule has 1 fully saturated rings. The van der Waals surface area contributed by atoms with Gasteiger partial charge in [0, 0.05) is 19.6 Å². The Morgan fingerprint density at radius 2 is 1.63 bits per heavy atom. The molecule has 1 heterocycles. The highest BCUT2D eigenvalue weighted by molar-refractivity contribution is 5.92. The van der Waals surface area contributed by atoms with Gasteiger partial charge >= 0.3 is 23.9 Å². The van der Waals surface area contributed by atoms with Gasteiger partial charge in [-0.15, -0.1) is 6.58 Å². The van der Waals surface area contributed by atoms with E-state index in [9.17, 15) is 19.2 Å². The Morgan fingerprint density at radius 3 is 2.33 bits per heavy atom. The number of unbranched alkanes of at least 4 members (excludes halogenated alkanes) is 4. The molecule has 3 atom stereocenters. The summed E-state index contributed by atoms with van der Waals surface area (Å²) in [6, 6.07) is 15.9. The number of carbonyl (C=O) groups excluding carboxylic acids is 4. The summed E-state index contributed by atoms with van der Waals surface area (Å²) in [5.74, 6) is -3.67.